The van der Waals surface area contributed by atoms with E-state index in [4.69, 9.17) is 16.3 Å². The summed E-state index contributed by atoms with van der Waals surface area (Å²) >= 11 is 5.80. The highest BCUT2D eigenvalue weighted by atomic mass is 35.5. The van der Waals surface area contributed by atoms with E-state index in [0.29, 0.717) is 26.3 Å². The molecule has 9 heteroatoms. The molecule has 2 aliphatic heterocycles. The molecule has 1 atom stereocenters. The minimum atomic E-state index is -4.68. The number of hydrogen-bond donors (Lipinski definition) is 0. The first-order valence-corrected chi connectivity index (χ1v) is 7.78. The summed E-state index contributed by atoms with van der Waals surface area (Å²) in [5, 5.41) is 2.74. The summed E-state index contributed by atoms with van der Waals surface area (Å²) in [6, 6.07) is 0. The zero-order valence-corrected chi connectivity index (χ0v) is 13.4. The second-order valence-corrected chi connectivity index (χ2v) is 6.64. The lowest BCUT2D eigenvalue weighted by Gasteiger charge is -2.39. The maximum atomic E-state index is 12.9. The average Bonchev–Trinajstić information content (AvgIpc) is 3.03. The Hall–Kier alpha value is -1.28. The zero-order chi connectivity index (χ0) is 16.8. The van der Waals surface area contributed by atoms with Gasteiger partial charge in [0.2, 0.25) is 0 Å². The molecule has 0 N–H and O–H groups in total. The smallest absolute Gasteiger partial charge is 0.381 e. The Kier molecular flexibility index (Phi) is 4.08. The van der Waals surface area contributed by atoms with Crippen LogP contribution in [0.15, 0.2) is 0 Å². The number of aryl methyl sites for hydroxylation is 1. The molecule has 2 aliphatic rings. The normalized spacial score (nSPS) is 25.3. The summed E-state index contributed by atoms with van der Waals surface area (Å²) in [5.41, 5.74) is -1.51. The number of carbonyl (C=O) groups is 1. The SMILES string of the molecule is Cn1nc(C(F)(F)F)c(Cl)c1C(=O)N1CCC[C@@]2(CCOC2)C1. The van der Waals surface area contributed by atoms with Crippen molar-refractivity contribution in [2.45, 2.75) is 25.4 Å². The van der Waals surface area contributed by atoms with Crippen molar-refractivity contribution in [3.05, 3.63) is 16.4 Å². The molecule has 3 rings (SSSR count). The lowest BCUT2D eigenvalue weighted by molar-refractivity contribution is -0.141. The number of piperidine rings is 1. The van der Waals surface area contributed by atoms with E-state index in [9.17, 15) is 18.0 Å². The van der Waals surface area contributed by atoms with Crippen molar-refractivity contribution in [3.63, 3.8) is 0 Å². The van der Waals surface area contributed by atoms with Crippen LogP contribution >= 0.6 is 11.6 Å². The summed E-state index contributed by atoms with van der Waals surface area (Å²) in [6.07, 6.45) is -2.06. The molecule has 0 unspecified atom stereocenters. The highest BCUT2D eigenvalue weighted by Gasteiger charge is 2.43. The van der Waals surface area contributed by atoms with Gasteiger partial charge in [-0.15, -0.1) is 0 Å². The molecule has 0 aliphatic carbocycles. The first-order valence-electron chi connectivity index (χ1n) is 7.40. The third-order valence-corrected chi connectivity index (χ3v) is 4.95. The van der Waals surface area contributed by atoms with Crippen LogP contribution in [0.4, 0.5) is 13.2 Å². The number of nitrogens with zero attached hydrogens (tertiary/aromatic N) is 3. The van der Waals surface area contributed by atoms with Crippen LogP contribution in [0.5, 0.6) is 0 Å². The summed E-state index contributed by atoms with van der Waals surface area (Å²) in [7, 11) is 1.30. The summed E-state index contributed by atoms with van der Waals surface area (Å²) < 4.78 is 45.0. The Labute approximate surface area is 136 Å². The highest BCUT2D eigenvalue weighted by molar-refractivity contribution is 6.34. The Morgan fingerprint density at radius 1 is 1.39 bits per heavy atom. The van der Waals surface area contributed by atoms with Crippen molar-refractivity contribution in [2.75, 3.05) is 26.3 Å². The molecule has 1 amide bonds. The number of aromatic nitrogens is 2. The van der Waals surface area contributed by atoms with Crippen molar-refractivity contribution in [2.24, 2.45) is 12.5 Å². The van der Waals surface area contributed by atoms with Crippen molar-refractivity contribution < 1.29 is 22.7 Å². The van der Waals surface area contributed by atoms with Gasteiger partial charge in [0.05, 0.1) is 6.61 Å². The molecule has 0 saturated carbocycles. The molecule has 1 aromatic heterocycles. The van der Waals surface area contributed by atoms with Gasteiger partial charge >= 0.3 is 6.18 Å². The first kappa shape index (κ1) is 16.6. The van der Waals surface area contributed by atoms with Crippen LogP contribution in [0, 0.1) is 5.41 Å². The number of rotatable bonds is 1. The lowest BCUT2D eigenvalue weighted by atomic mass is 9.79. The van der Waals surface area contributed by atoms with Crippen molar-refractivity contribution in [1.82, 2.24) is 14.7 Å². The second kappa shape index (κ2) is 5.66. The van der Waals surface area contributed by atoms with Gasteiger partial charge in [0.25, 0.3) is 5.91 Å². The maximum absolute atomic E-state index is 12.9. The fourth-order valence-electron chi connectivity index (χ4n) is 3.41. The van der Waals surface area contributed by atoms with Crippen LogP contribution in [0.2, 0.25) is 5.02 Å². The second-order valence-electron chi connectivity index (χ2n) is 6.27. The van der Waals surface area contributed by atoms with Crippen molar-refractivity contribution >= 4 is 17.5 Å². The minimum absolute atomic E-state index is 0.0775. The quantitative estimate of drug-likeness (QED) is 0.781. The van der Waals surface area contributed by atoms with Gasteiger partial charge < -0.3 is 9.64 Å². The van der Waals surface area contributed by atoms with Crippen LogP contribution in [-0.4, -0.2) is 46.9 Å². The van der Waals surface area contributed by atoms with E-state index in [1.165, 1.54) is 7.05 Å². The summed E-state index contributed by atoms with van der Waals surface area (Å²) in [6.45, 7) is 2.23. The first-order chi connectivity index (χ1) is 10.7. The van der Waals surface area contributed by atoms with Crippen LogP contribution in [0.1, 0.15) is 35.4 Å². The van der Waals surface area contributed by atoms with Gasteiger partial charge in [-0.25, -0.2) is 0 Å². The predicted molar refractivity (Wildman–Crippen MR) is 76.2 cm³/mol. The highest BCUT2D eigenvalue weighted by Crippen LogP contribution is 2.39. The van der Waals surface area contributed by atoms with E-state index in [-0.39, 0.29) is 11.1 Å². The van der Waals surface area contributed by atoms with E-state index in [0.717, 1.165) is 23.9 Å². The fraction of sp³-hybridized carbons (Fsp3) is 0.714. The molecule has 0 radical (unpaired) electrons. The van der Waals surface area contributed by atoms with E-state index in [2.05, 4.69) is 5.10 Å². The van der Waals surface area contributed by atoms with Gasteiger partial charge in [-0.1, -0.05) is 11.6 Å². The van der Waals surface area contributed by atoms with Gasteiger partial charge in [-0.05, 0) is 19.3 Å². The predicted octanol–water partition coefficient (Wildman–Crippen LogP) is 2.74. The van der Waals surface area contributed by atoms with E-state index >= 15 is 0 Å². The molecule has 1 aromatic rings. The van der Waals surface area contributed by atoms with Crippen LogP contribution in [0.25, 0.3) is 0 Å². The molecule has 2 fully saturated rings. The minimum Gasteiger partial charge on any atom is -0.381 e. The fourth-order valence-corrected chi connectivity index (χ4v) is 3.76. The van der Waals surface area contributed by atoms with Gasteiger partial charge in [-0.2, -0.15) is 18.3 Å². The molecule has 0 bridgehead atoms. The average molecular weight is 352 g/mol. The molecular weight excluding hydrogens is 335 g/mol. The number of hydrogen-bond acceptors (Lipinski definition) is 3. The molecular formula is C14H17ClF3N3O2. The van der Waals surface area contributed by atoms with Gasteiger partial charge in [0.1, 0.15) is 10.7 Å². The summed E-state index contributed by atoms with van der Waals surface area (Å²) in [4.78, 5) is 14.3. The van der Waals surface area contributed by atoms with E-state index in [1.54, 1.807) is 4.90 Å². The lowest BCUT2D eigenvalue weighted by Crippen LogP contribution is -2.47. The Balaban J connectivity index is 1.87. The summed E-state index contributed by atoms with van der Waals surface area (Å²) in [5.74, 6) is -0.508. The molecule has 5 nitrogen and oxygen atoms in total. The Morgan fingerprint density at radius 2 is 2.13 bits per heavy atom. The number of ether oxygens (including phenoxy) is 1. The van der Waals surface area contributed by atoms with Crippen LogP contribution in [0.3, 0.4) is 0 Å². The van der Waals surface area contributed by atoms with E-state index < -0.39 is 22.8 Å². The number of alkyl halides is 3. The number of halogens is 4. The van der Waals surface area contributed by atoms with Gasteiger partial charge in [0.15, 0.2) is 5.69 Å². The number of carbonyl (C=O) groups excluding carboxylic acids is 1. The standard InChI is InChI=1S/C14H17ClF3N3O2/c1-20-10(9(15)11(19-20)14(16,17)18)12(22)21-5-2-3-13(7-21)4-6-23-8-13/h2-8H2,1H3/t13-/m1/s1. The largest absolute Gasteiger partial charge is 0.436 e. The van der Waals surface area contributed by atoms with Crippen molar-refractivity contribution in [1.29, 1.82) is 0 Å². The van der Waals surface area contributed by atoms with Crippen LogP contribution < -0.4 is 0 Å². The zero-order valence-electron chi connectivity index (χ0n) is 12.6. The topological polar surface area (TPSA) is 47.4 Å². The third-order valence-electron chi connectivity index (χ3n) is 4.59. The van der Waals surface area contributed by atoms with Gasteiger partial charge in [-0.3, -0.25) is 9.48 Å². The van der Waals surface area contributed by atoms with E-state index in [1.807, 2.05) is 0 Å². The molecule has 0 aromatic carbocycles. The molecule has 3 heterocycles. The number of likely N-dealkylation sites (tertiary alicyclic amines) is 1. The molecule has 1 spiro atoms. The molecule has 2 saturated heterocycles. The van der Waals surface area contributed by atoms with Crippen molar-refractivity contribution in [3.8, 4) is 0 Å². The monoisotopic (exact) mass is 351 g/mol. The maximum Gasteiger partial charge on any atom is 0.436 e. The Morgan fingerprint density at radius 3 is 2.70 bits per heavy atom. The van der Waals surface area contributed by atoms with Crippen LogP contribution in [-0.2, 0) is 18.0 Å². The molecule has 128 valence electrons. The third kappa shape index (κ3) is 2.94. The van der Waals surface area contributed by atoms with Gasteiger partial charge in [0, 0.05) is 32.2 Å². The Bertz CT molecular complexity index is 624. The number of amides is 1. The molecule has 23 heavy (non-hydrogen) atoms.